The topological polar surface area (TPSA) is 17.3 Å². The first-order chi connectivity index (χ1) is 6.04. The van der Waals surface area contributed by atoms with Gasteiger partial charge < -0.3 is 10.2 Å². The zero-order valence-electron chi connectivity index (χ0n) is 10.5. The van der Waals surface area contributed by atoms with Crippen LogP contribution in [-0.2, 0) is 0 Å². The summed E-state index contributed by atoms with van der Waals surface area (Å²) < 4.78 is 0. The summed E-state index contributed by atoms with van der Waals surface area (Å²) in [5.74, 6) is 0. The van der Waals surface area contributed by atoms with E-state index in [1.165, 1.54) is 25.9 Å². The molecule has 3 heteroatoms. The molecule has 0 radical (unpaired) electrons. The predicted octanol–water partition coefficient (Wildman–Crippen LogP) is -0.496. The fraction of sp³-hybridized carbons (Fsp3) is 1.00. The molecule has 0 spiro atoms. The van der Waals surface area contributed by atoms with Crippen LogP contribution in [0.3, 0.4) is 0 Å². The minimum Gasteiger partial charge on any atom is -0.661 e. The molecule has 0 aliphatic carbocycles. The van der Waals surface area contributed by atoms with Crippen molar-refractivity contribution in [2.75, 3.05) is 26.7 Å². The first-order valence-electron chi connectivity index (χ1n) is 5.35. The van der Waals surface area contributed by atoms with Gasteiger partial charge in [-0.1, -0.05) is 26.2 Å². The van der Waals surface area contributed by atoms with E-state index in [0.29, 0.717) is 11.5 Å². The standard InChI is InChI=1S/C11H23N2.Li/c1-11(2,3)10(12-4)9-13-7-5-6-8-13;/h10H,5-9H2,1-4H3;/q-1;+1/t10-;/m0./s1. The molecule has 1 fully saturated rings. The second kappa shape index (κ2) is 6.18. The third-order valence-corrected chi connectivity index (χ3v) is 2.94. The van der Waals surface area contributed by atoms with Gasteiger partial charge in [0.15, 0.2) is 0 Å². The third-order valence-electron chi connectivity index (χ3n) is 2.94. The Bertz CT molecular complexity index is 148. The van der Waals surface area contributed by atoms with Gasteiger partial charge >= 0.3 is 18.9 Å². The van der Waals surface area contributed by atoms with Gasteiger partial charge in [0.1, 0.15) is 0 Å². The first kappa shape index (κ1) is 14.5. The van der Waals surface area contributed by atoms with Gasteiger partial charge in [-0.25, -0.2) is 0 Å². The summed E-state index contributed by atoms with van der Waals surface area (Å²) in [6.45, 7) is 10.5. The predicted molar refractivity (Wildman–Crippen MR) is 58.2 cm³/mol. The van der Waals surface area contributed by atoms with Gasteiger partial charge in [-0.05, 0) is 32.5 Å². The van der Waals surface area contributed by atoms with Gasteiger partial charge in [0.2, 0.25) is 0 Å². The Hall–Kier alpha value is 0.517. The molecule has 1 heterocycles. The average molecular weight is 190 g/mol. The van der Waals surface area contributed by atoms with Gasteiger partial charge in [-0.15, -0.1) is 6.04 Å². The fourth-order valence-corrected chi connectivity index (χ4v) is 1.95. The molecule has 0 unspecified atom stereocenters. The summed E-state index contributed by atoms with van der Waals surface area (Å²) >= 11 is 0. The molecular weight excluding hydrogens is 167 g/mol. The van der Waals surface area contributed by atoms with E-state index in [0.717, 1.165) is 6.54 Å². The molecule has 1 rings (SSSR count). The van der Waals surface area contributed by atoms with Crippen LogP contribution in [0.4, 0.5) is 0 Å². The summed E-state index contributed by atoms with van der Waals surface area (Å²) in [5, 5.41) is 4.48. The number of rotatable bonds is 3. The van der Waals surface area contributed by atoms with Crippen molar-refractivity contribution in [1.29, 1.82) is 0 Å². The Labute approximate surface area is 101 Å². The van der Waals surface area contributed by atoms with Crippen LogP contribution in [-0.4, -0.2) is 37.6 Å². The molecule has 0 aromatic heterocycles. The van der Waals surface area contributed by atoms with E-state index in [1.54, 1.807) is 0 Å². The van der Waals surface area contributed by atoms with E-state index < -0.39 is 0 Å². The van der Waals surface area contributed by atoms with E-state index >= 15 is 0 Å². The molecule has 1 atom stereocenters. The zero-order valence-corrected chi connectivity index (χ0v) is 10.5. The van der Waals surface area contributed by atoms with Crippen molar-refractivity contribution in [3.8, 4) is 0 Å². The fourth-order valence-electron chi connectivity index (χ4n) is 1.95. The normalized spacial score (nSPS) is 20.6. The number of hydrogen-bond donors (Lipinski definition) is 0. The van der Waals surface area contributed by atoms with Crippen LogP contribution in [0.5, 0.6) is 0 Å². The SMILES string of the molecule is C[N-][C@@H](CN1CCCC1)C(C)(C)C.[Li+]. The maximum atomic E-state index is 4.48. The molecule has 0 aromatic rings. The Morgan fingerprint density at radius 2 is 1.71 bits per heavy atom. The molecule has 2 nitrogen and oxygen atoms in total. The number of likely N-dealkylation sites (tertiary alicyclic amines) is 1. The van der Waals surface area contributed by atoms with Crippen molar-refractivity contribution in [1.82, 2.24) is 4.90 Å². The van der Waals surface area contributed by atoms with Crippen LogP contribution in [0, 0.1) is 5.41 Å². The van der Waals surface area contributed by atoms with Crippen molar-refractivity contribution in [3.63, 3.8) is 0 Å². The molecule has 1 aliphatic heterocycles. The van der Waals surface area contributed by atoms with Crippen LogP contribution in [0.1, 0.15) is 33.6 Å². The van der Waals surface area contributed by atoms with Gasteiger partial charge in [0, 0.05) is 0 Å². The molecule has 0 aromatic carbocycles. The molecule has 1 aliphatic rings. The number of likely N-dealkylation sites (N-methyl/N-ethyl adjacent to an activating group) is 1. The molecule has 0 bridgehead atoms. The zero-order chi connectivity index (χ0) is 9.90. The first-order valence-corrected chi connectivity index (χ1v) is 5.35. The maximum Gasteiger partial charge on any atom is 1.00 e. The Morgan fingerprint density at radius 1 is 1.21 bits per heavy atom. The molecule has 0 N–H and O–H groups in total. The van der Waals surface area contributed by atoms with Crippen LogP contribution in [0.15, 0.2) is 0 Å². The van der Waals surface area contributed by atoms with Crippen LogP contribution in [0.2, 0.25) is 0 Å². The van der Waals surface area contributed by atoms with Crippen molar-refractivity contribution in [3.05, 3.63) is 5.32 Å². The van der Waals surface area contributed by atoms with Crippen LogP contribution < -0.4 is 18.9 Å². The van der Waals surface area contributed by atoms with E-state index in [9.17, 15) is 0 Å². The van der Waals surface area contributed by atoms with Crippen molar-refractivity contribution in [2.45, 2.75) is 39.7 Å². The number of hydrogen-bond acceptors (Lipinski definition) is 1. The van der Waals surface area contributed by atoms with E-state index in [4.69, 9.17) is 0 Å². The summed E-state index contributed by atoms with van der Waals surface area (Å²) in [6.07, 6.45) is 2.75. The minimum absolute atomic E-state index is 0. The van der Waals surface area contributed by atoms with Crippen LogP contribution >= 0.6 is 0 Å². The Balaban J connectivity index is 0.00000169. The molecule has 0 amide bonds. The summed E-state index contributed by atoms with van der Waals surface area (Å²) in [7, 11) is 1.95. The second-order valence-electron chi connectivity index (χ2n) is 5.15. The van der Waals surface area contributed by atoms with Gasteiger partial charge in [0.25, 0.3) is 0 Å². The molecule has 78 valence electrons. The van der Waals surface area contributed by atoms with E-state index in [-0.39, 0.29) is 18.9 Å². The quantitative estimate of drug-likeness (QED) is 0.549. The second-order valence-corrected chi connectivity index (χ2v) is 5.15. The van der Waals surface area contributed by atoms with Gasteiger partial charge in [-0.2, -0.15) is 7.05 Å². The average Bonchev–Trinajstić information content (AvgIpc) is 2.49. The van der Waals surface area contributed by atoms with Crippen molar-refractivity contribution in [2.24, 2.45) is 5.41 Å². The smallest absolute Gasteiger partial charge is 0.661 e. The summed E-state index contributed by atoms with van der Waals surface area (Å²) in [5.41, 5.74) is 0.317. The summed E-state index contributed by atoms with van der Waals surface area (Å²) in [4.78, 5) is 2.54. The van der Waals surface area contributed by atoms with Crippen molar-refractivity contribution >= 4 is 0 Å². The van der Waals surface area contributed by atoms with E-state index in [2.05, 4.69) is 31.0 Å². The maximum absolute atomic E-state index is 4.48. The van der Waals surface area contributed by atoms with Crippen molar-refractivity contribution < 1.29 is 18.9 Å². The molecule has 14 heavy (non-hydrogen) atoms. The Kier molecular flexibility index (Phi) is 6.41. The molecule has 1 saturated heterocycles. The third kappa shape index (κ3) is 4.36. The van der Waals surface area contributed by atoms with Crippen LogP contribution in [0.25, 0.3) is 5.32 Å². The number of nitrogens with zero attached hydrogens (tertiary/aromatic N) is 2. The minimum atomic E-state index is 0. The monoisotopic (exact) mass is 190 g/mol. The van der Waals surface area contributed by atoms with E-state index in [1.807, 2.05) is 7.05 Å². The largest absolute Gasteiger partial charge is 1.00 e. The summed E-state index contributed by atoms with van der Waals surface area (Å²) in [6, 6.07) is 0.491. The molecular formula is C11H23LiN2. The molecule has 0 saturated carbocycles. The Morgan fingerprint density at radius 3 is 2.07 bits per heavy atom. The van der Waals surface area contributed by atoms with Gasteiger partial charge in [0.05, 0.1) is 0 Å². The van der Waals surface area contributed by atoms with Gasteiger partial charge in [-0.3, -0.25) is 0 Å².